The van der Waals surface area contributed by atoms with E-state index in [-0.39, 0.29) is 71.8 Å². The van der Waals surface area contributed by atoms with Crippen molar-refractivity contribution in [2.75, 3.05) is 85.6 Å². The molecule has 0 aliphatic carbocycles. The van der Waals surface area contributed by atoms with Crippen LogP contribution in [0, 0.1) is 0 Å². The Bertz CT molecular complexity index is 723. The van der Waals surface area contributed by atoms with Crippen molar-refractivity contribution >= 4 is 30.1 Å². The number of carbonyl (C=O) groups excluding carboxylic acids is 4. The summed E-state index contributed by atoms with van der Waals surface area (Å²) in [6.45, 7) is 5.55. The van der Waals surface area contributed by atoms with E-state index in [1.54, 1.807) is 4.90 Å². The van der Waals surface area contributed by atoms with Gasteiger partial charge in [-0.25, -0.2) is 14.4 Å². The summed E-state index contributed by atoms with van der Waals surface area (Å²) in [6.07, 6.45) is 1.92. The van der Waals surface area contributed by atoms with Crippen molar-refractivity contribution in [3.63, 3.8) is 0 Å². The van der Waals surface area contributed by atoms with E-state index < -0.39 is 24.2 Å². The quantitative estimate of drug-likeness (QED) is 0.0788. The van der Waals surface area contributed by atoms with Crippen LogP contribution in [0.5, 0.6) is 0 Å². The summed E-state index contributed by atoms with van der Waals surface area (Å²) in [7, 11) is 0. The third kappa shape index (κ3) is 26.4. The maximum absolute atomic E-state index is 12.3. The normalized spacial score (nSPS) is 10.6. The van der Waals surface area contributed by atoms with Gasteiger partial charge in [0, 0.05) is 33.1 Å². The number of amides is 2. The lowest BCUT2D eigenvalue weighted by atomic mass is 10.2. The third-order valence-electron chi connectivity index (χ3n) is 4.91. The van der Waals surface area contributed by atoms with E-state index in [2.05, 4.69) is 15.4 Å². The second kappa shape index (κ2) is 26.1. The van der Waals surface area contributed by atoms with Gasteiger partial charge in [0.25, 0.3) is 0 Å². The van der Waals surface area contributed by atoms with Gasteiger partial charge in [-0.1, -0.05) is 13.3 Å². The van der Waals surface area contributed by atoms with Crippen LogP contribution in [-0.2, 0) is 42.8 Å². The Kier molecular flexibility index (Phi) is 24.0. The van der Waals surface area contributed by atoms with E-state index >= 15 is 0 Å². The lowest BCUT2D eigenvalue weighted by Crippen LogP contribution is -2.41. The van der Waals surface area contributed by atoms with Gasteiger partial charge in [0.05, 0.1) is 39.6 Å². The number of esters is 2. The van der Waals surface area contributed by atoms with Crippen LogP contribution >= 0.6 is 0 Å². The Hall–Kier alpha value is -3.17. The molecule has 15 heteroatoms. The van der Waals surface area contributed by atoms with Crippen LogP contribution in [0.2, 0.25) is 0 Å². The van der Waals surface area contributed by atoms with E-state index in [0.29, 0.717) is 26.1 Å². The first-order valence-electron chi connectivity index (χ1n) is 13.4. The minimum Gasteiger partial charge on any atom is -0.465 e. The minimum atomic E-state index is -1.29. The molecular weight excluding hydrogens is 534 g/mol. The van der Waals surface area contributed by atoms with Crippen LogP contribution in [0.15, 0.2) is 0 Å². The van der Waals surface area contributed by atoms with Gasteiger partial charge >= 0.3 is 24.2 Å². The van der Waals surface area contributed by atoms with Gasteiger partial charge in [0.2, 0.25) is 5.91 Å². The molecule has 0 bridgehead atoms. The van der Waals surface area contributed by atoms with E-state index in [4.69, 9.17) is 28.8 Å². The number of hydrogen-bond acceptors (Lipinski definition) is 12. The Labute approximate surface area is 235 Å². The molecule has 0 aromatic rings. The molecule has 15 nitrogen and oxygen atoms in total. The molecule has 0 rings (SSSR count). The van der Waals surface area contributed by atoms with Crippen molar-refractivity contribution < 1.29 is 57.5 Å². The summed E-state index contributed by atoms with van der Waals surface area (Å²) in [6, 6.07) is 0. The highest BCUT2D eigenvalue weighted by Crippen LogP contribution is 2.00. The van der Waals surface area contributed by atoms with E-state index in [1.807, 2.05) is 6.92 Å². The van der Waals surface area contributed by atoms with Crippen LogP contribution in [0.4, 0.5) is 9.59 Å². The van der Waals surface area contributed by atoms with E-state index in [0.717, 1.165) is 25.7 Å². The molecule has 40 heavy (non-hydrogen) atoms. The summed E-state index contributed by atoms with van der Waals surface area (Å²) in [5.41, 5.74) is 0. The second-order valence-electron chi connectivity index (χ2n) is 8.44. The zero-order valence-electron chi connectivity index (χ0n) is 23.6. The number of rotatable bonds is 25. The van der Waals surface area contributed by atoms with Crippen molar-refractivity contribution in [1.29, 1.82) is 0 Å². The van der Waals surface area contributed by atoms with Crippen molar-refractivity contribution in [1.82, 2.24) is 15.5 Å². The van der Waals surface area contributed by atoms with E-state index in [1.165, 1.54) is 6.92 Å². The second-order valence-corrected chi connectivity index (χ2v) is 8.44. The molecule has 0 spiro atoms. The molecule has 0 heterocycles. The molecule has 2 amide bonds. The molecule has 0 radical (unpaired) electrons. The number of alkyl carbamates (subject to hydrolysis) is 1. The van der Waals surface area contributed by atoms with Crippen LogP contribution < -0.4 is 10.6 Å². The molecule has 0 aliphatic heterocycles. The van der Waals surface area contributed by atoms with Crippen LogP contribution in [0.1, 0.15) is 46.0 Å². The molecule has 0 fully saturated rings. The largest absolute Gasteiger partial charge is 0.505 e. The Morgan fingerprint density at radius 3 is 2.10 bits per heavy atom. The van der Waals surface area contributed by atoms with Crippen molar-refractivity contribution in [3.05, 3.63) is 0 Å². The Morgan fingerprint density at radius 1 is 0.700 bits per heavy atom. The zero-order chi connectivity index (χ0) is 29.8. The number of unbranched alkanes of at least 4 members (excludes halogenated alkanes) is 3. The van der Waals surface area contributed by atoms with Gasteiger partial charge in [-0.05, 0) is 25.7 Å². The fourth-order valence-electron chi connectivity index (χ4n) is 2.99. The van der Waals surface area contributed by atoms with Crippen LogP contribution in [-0.4, -0.2) is 126 Å². The lowest BCUT2D eigenvalue weighted by Gasteiger charge is -2.21. The molecule has 0 saturated heterocycles. The Morgan fingerprint density at radius 2 is 1.40 bits per heavy atom. The fourth-order valence-corrected chi connectivity index (χ4v) is 2.99. The SMILES string of the molecule is CCCOC(=O)NCCOCCOCC(=O)OCCN(CCOC(C)=O)CC(=O)NCCCCCCOC(=O)O. The predicted octanol–water partition coefficient (Wildman–Crippen LogP) is 0.935. The van der Waals surface area contributed by atoms with Gasteiger partial charge in [-0.15, -0.1) is 0 Å². The fraction of sp³-hybridized carbons (Fsp3) is 0.800. The molecule has 0 saturated carbocycles. The number of carboxylic acid groups (broad SMARTS) is 1. The highest BCUT2D eigenvalue weighted by Gasteiger charge is 2.13. The lowest BCUT2D eigenvalue weighted by molar-refractivity contribution is -0.149. The standard InChI is InChI=1S/C25H45N3O12/c1-3-12-39-24(32)27-9-14-35-17-18-36-20-23(31)38-16-11-28(10-15-37-21(2)29)19-22(30)26-8-6-4-5-7-13-40-25(33)34/h3-20H2,1-2H3,(H,26,30)(H,27,32)(H,33,34). The maximum Gasteiger partial charge on any atom is 0.505 e. The summed E-state index contributed by atoms with van der Waals surface area (Å²) < 4.78 is 29.9. The number of nitrogens with one attached hydrogen (secondary N) is 2. The number of hydrogen-bond donors (Lipinski definition) is 3. The van der Waals surface area contributed by atoms with Crippen molar-refractivity contribution in [2.24, 2.45) is 0 Å². The highest BCUT2D eigenvalue weighted by atomic mass is 16.7. The number of carbonyl (C=O) groups is 5. The zero-order valence-corrected chi connectivity index (χ0v) is 23.6. The summed E-state index contributed by atoms with van der Waals surface area (Å²) in [4.78, 5) is 58.5. The van der Waals surface area contributed by atoms with Gasteiger partial charge in [-0.2, -0.15) is 0 Å². The average Bonchev–Trinajstić information content (AvgIpc) is 2.89. The average molecular weight is 580 g/mol. The van der Waals surface area contributed by atoms with E-state index in [9.17, 15) is 24.0 Å². The van der Waals surface area contributed by atoms with Crippen LogP contribution in [0.3, 0.4) is 0 Å². The molecule has 0 unspecified atom stereocenters. The predicted molar refractivity (Wildman–Crippen MR) is 141 cm³/mol. The summed E-state index contributed by atoms with van der Waals surface area (Å²) in [5.74, 6) is -1.23. The van der Waals surface area contributed by atoms with Crippen molar-refractivity contribution in [2.45, 2.75) is 46.0 Å². The monoisotopic (exact) mass is 579 g/mol. The molecule has 0 atom stereocenters. The molecule has 0 aromatic carbocycles. The first kappa shape index (κ1) is 36.8. The number of ether oxygens (including phenoxy) is 6. The van der Waals surface area contributed by atoms with Gasteiger partial charge < -0.3 is 44.2 Å². The Balaban J connectivity index is 4.02. The smallest absolute Gasteiger partial charge is 0.465 e. The molecule has 0 aliphatic rings. The van der Waals surface area contributed by atoms with Crippen LogP contribution in [0.25, 0.3) is 0 Å². The van der Waals surface area contributed by atoms with Crippen molar-refractivity contribution in [3.8, 4) is 0 Å². The molecule has 3 N–H and O–H groups in total. The minimum absolute atomic E-state index is 0.0181. The highest BCUT2D eigenvalue weighted by molar-refractivity contribution is 5.78. The first-order chi connectivity index (χ1) is 19.2. The first-order valence-corrected chi connectivity index (χ1v) is 13.4. The van der Waals surface area contributed by atoms with Gasteiger partial charge in [-0.3, -0.25) is 14.5 Å². The topological polar surface area (TPSA) is 188 Å². The molecular formula is C25H45N3O12. The van der Waals surface area contributed by atoms with Gasteiger partial charge in [0.1, 0.15) is 19.8 Å². The summed E-state index contributed by atoms with van der Waals surface area (Å²) in [5, 5.41) is 13.8. The molecule has 0 aromatic heterocycles. The molecule has 232 valence electrons. The summed E-state index contributed by atoms with van der Waals surface area (Å²) >= 11 is 0. The third-order valence-corrected chi connectivity index (χ3v) is 4.91. The maximum atomic E-state index is 12.3. The number of nitrogens with zero attached hydrogens (tertiary/aromatic N) is 1. The van der Waals surface area contributed by atoms with Gasteiger partial charge in [0.15, 0.2) is 0 Å².